The summed E-state index contributed by atoms with van der Waals surface area (Å²) in [5, 5.41) is 7.89. The summed E-state index contributed by atoms with van der Waals surface area (Å²) in [5.74, 6) is 0. The van der Waals surface area contributed by atoms with E-state index in [-0.39, 0.29) is 0 Å². The Balaban J connectivity index is 1.87. The topological polar surface area (TPSA) is 21.3 Å². The lowest BCUT2D eigenvalue weighted by Crippen LogP contribution is -2.31. The van der Waals surface area contributed by atoms with Gasteiger partial charge in [-0.1, -0.05) is 0 Å². The fraction of sp³-hybridized carbons (Fsp3) is 0.600. The molecule has 3 heteroatoms. The van der Waals surface area contributed by atoms with E-state index in [1.165, 1.54) is 5.56 Å². The van der Waals surface area contributed by atoms with Gasteiger partial charge in [0.25, 0.3) is 0 Å². The fourth-order valence-corrected chi connectivity index (χ4v) is 2.39. The molecule has 0 spiro atoms. The summed E-state index contributed by atoms with van der Waals surface area (Å²) in [6.45, 7) is 3.99. The summed E-state index contributed by atoms with van der Waals surface area (Å²) in [4.78, 5) is 0. The van der Waals surface area contributed by atoms with E-state index in [2.05, 4.69) is 29.1 Å². The van der Waals surface area contributed by atoms with Gasteiger partial charge in [0.15, 0.2) is 0 Å². The lowest BCUT2D eigenvalue weighted by Gasteiger charge is -2.16. The van der Waals surface area contributed by atoms with Crippen molar-refractivity contribution in [3.8, 4) is 0 Å². The number of nitrogens with one attached hydrogen (secondary N) is 1. The molecule has 1 N–H and O–H groups in total. The van der Waals surface area contributed by atoms with Crippen LogP contribution in [0.2, 0.25) is 0 Å². The smallest absolute Gasteiger partial charge is 0.0620 e. The standard InChI is InChI=1S/C10H15NOS/c1-8(9-3-5-13-7-9)11-10-2-4-12-6-10/h3,5,7-8,10-11H,2,4,6H2,1H3. The zero-order chi connectivity index (χ0) is 9.10. The highest BCUT2D eigenvalue weighted by Gasteiger charge is 2.17. The average molecular weight is 197 g/mol. The monoisotopic (exact) mass is 197 g/mol. The van der Waals surface area contributed by atoms with Gasteiger partial charge < -0.3 is 10.1 Å². The molecule has 1 aromatic rings. The molecule has 13 heavy (non-hydrogen) atoms. The van der Waals surface area contributed by atoms with E-state index in [1.807, 2.05) is 0 Å². The predicted octanol–water partition coefficient (Wildman–Crippen LogP) is 2.19. The molecule has 0 amide bonds. The molecule has 72 valence electrons. The van der Waals surface area contributed by atoms with Gasteiger partial charge in [-0.15, -0.1) is 0 Å². The zero-order valence-corrected chi connectivity index (χ0v) is 8.64. The van der Waals surface area contributed by atoms with Crippen LogP contribution in [0, 0.1) is 0 Å². The van der Waals surface area contributed by atoms with Crippen LogP contribution in [0.3, 0.4) is 0 Å². The summed E-state index contributed by atoms with van der Waals surface area (Å²) in [7, 11) is 0. The van der Waals surface area contributed by atoms with Crippen molar-refractivity contribution in [2.75, 3.05) is 13.2 Å². The number of hydrogen-bond acceptors (Lipinski definition) is 3. The Kier molecular flexibility index (Phi) is 2.98. The number of thiophene rings is 1. The molecular formula is C10H15NOS. The van der Waals surface area contributed by atoms with Crippen molar-refractivity contribution in [2.45, 2.75) is 25.4 Å². The van der Waals surface area contributed by atoms with Crippen molar-refractivity contribution in [3.63, 3.8) is 0 Å². The van der Waals surface area contributed by atoms with Crippen LogP contribution < -0.4 is 5.32 Å². The summed E-state index contributed by atoms with van der Waals surface area (Å²) in [5.41, 5.74) is 1.39. The number of ether oxygens (including phenoxy) is 1. The number of hydrogen-bond donors (Lipinski definition) is 1. The van der Waals surface area contributed by atoms with Gasteiger partial charge in [0, 0.05) is 18.7 Å². The third kappa shape index (κ3) is 2.30. The molecule has 2 atom stereocenters. The van der Waals surface area contributed by atoms with Crippen LogP contribution in [-0.4, -0.2) is 19.3 Å². The van der Waals surface area contributed by atoms with Crippen molar-refractivity contribution in [2.24, 2.45) is 0 Å². The highest BCUT2D eigenvalue weighted by Crippen LogP contribution is 2.17. The molecule has 0 radical (unpaired) electrons. The second kappa shape index (κ2) is 4.22. The Bertz CT molecular complexity index is 241. The lowest BCUT2D eigenvalue weighted by molar-refractivity contribution is 0.188. The van der Waals surface area contributed by atoms with Gasteiger partial charge in [-0.3, -0.25) is 0 Å². The van der Waals surface area contributed by atoms with Gasteiger partial charge in [0.05, 0.1) is 6.61 Å². The highest BCUT2D eigenvalue weighted by atomic mass is 32.1. The van der Waals surface area contributed by atoms with E-state index in [4.69, 9.17) is 4.74 Å². The first-order valence-electron chi connectivity index (χ1n) is 4.72. The van der Waals surface area contributed by atoms with Crippen molar-refractivity contribution in [1.29, 1.82) is 0 Å². The maximum Gasteiger partial charge on any atom is 0.0620 e. The van der Waals surface area contributed by atoms with Crippen LogP contribution in [0.5, 0.6) is 0 Å². The SMILES string of the molecule is CC(NC1CCOC1)c1ccsc1. The molecule has 2 rings (SSSR count). The summed E-state index contributed by atoms with van der Waals surface area (Å²) < 4.78 is 5.32. The first kappa shape index (κ1) is 9.19. The van der Waals surface area contributed by atoms with E-state index >= 15 is 0 Å². The molecule has 2 nitrogen and oxygen atoms in total. The molecule has 0 aliphatic carbocycles. The summed E-state index contributed by atoms with van der Waals surface area (Å²) >= 11 is 1.75. The van der Waals surface area contributed by atoms with Crippen molar-refractivity contribution in [1.82, 2.24) is 5.32 Å². The molecule has 0 aromatic carbocycles. The van der Waals surface area contributed by atoms with Crippen LogP contribution in [-0.2, 0) is 4.74 Å². The van der Waals surface area contributed by atoms with Crippen molar-refractivity contribution in [3.05, 3.63) is 22.4 Å². The predicted molar refractivity (Wildman–Crippen MR) is 55.1 cm³/mol. The molecule has 0 bridgehead atoms. The van der Waals surface area contributed by atoms with E-state index in [9.17, 15) is 0 Å². The molecule has 1 aliphatic heterocycles. The van der Waals surface area contributed by atoms with Crippen LogP contribution in [0.25, 0.3) is 0 Å². The normalized spacial score (nSPS) is 24.8. The van der Waals surface area contributed by atoms with Gasteiger partial charge in [0.1, 0.15) is 0 Å². The van der Waals surface area contributed by atoms with Gasteiger partial charge in [-0.25, -0.2) is 0 Å². The Morgan fingerprint density at radius 1 is 1.69 bits per heavy atom. The molecule has 2 heterocycles. The summed E-state index contributed by atoms with van der Waals surface area (Å²) in [6.07, 6.45) is 1.15. The van der Waals surface area contributed by atoms with E-state index < -0.39 is 0 Å². The van der Waals surface area contributed by atoms with Crippen LogP contribution in [0.15, 0.2) is 16.8 Å². The van der Waals surface area contributed by atoms with Crippen LogP contribution in [0.1, 0.15) is 24.9 Å². The fourth-order valence-electron chi connectivity index (χ4n) is 1.64. The van der Waals surface area contributed by atoms with Crippen molar-refractivity contribution < 1.29 is 4.74 Å². The highest BCUT2D eigenvalue weighted by molar-refractivity contribution is 7.07. The van der Waals surface area contributed by atoms with E-state index in [0.29, 0.717) is 12.1 Å². The second-order valence-electron chi connectivity index (χ2n) is 3.51. The minimum absolute atomic E-state index is 0.456. The van der Waals surface area contributed by atoms with Gasteiger partial charge in [-0.2, -0.15) is 11.3 Å². The minimum Gasteiger partial charge on any atom is -0.380 e. The third-order valence-electron chi connectivity index (χ3n) is 2.46. The molecule has 1 saturated heterocycles. The minimum atomic E-state index is 0.456. The molecule has 0 saturated carbocycles. The Morgan fingerprint density at radius 3 is 3.23 bits per heavy atom. The van der Waals surface area contributed by atoms with Crippen molar-refractivity contribution >= 4 is 11.3 Å². The molecule has 1 fully saturated rings. The third-order valence-corrected chi connectivity index (χ3v) is 3.16. The van der Waals surface area contributed by atoms with E-state index in [0.717, 1.165) is 19.6 Å². The molecule has 2 unspecified atom stereocenters. The second-order valence-corrected chi connectivity index (χ2v) is 4.29. The average Bonchev–Trinajstić information content (AvgIpc) is 2.74. The lowest BCUT2D eigenvalue weighted by atomic mass is 10.1. The Hall–Kier alpha value is -0.380. The zero-order valence-electron chi connectivity index (χ0n) is 7.82. The summed E-state index contributed by atoms with van der Waals surface area (Å²) in [6, 6.07) is 3.19. The maximum absolute atomic E-state index is 5.32. The maximum atomic E-state index is 5.32. The van der Waals surface area contributed by atoms with Gasteiger partial charge in [0.2, 0.25) is 0 Å². The largest absolute Gasteiger partial charge is 0.380 e. The molecular weight excluding hydrogens is 182 g/mol. The quantitative estimate of drug-likeness (QED) is 0.802. The van der Waals surface area contributed by atoms with Gasteiger partial charge in [-0.05, 0) is 35.7 Å². The first-order chi connectivity index (χ1) is 6.36. The number of rotatable bonds is 3. The molecule has 1 aromatic heterocycles. The molecule has 1 aliphatic rings. The van der Waals surface area contributed by atoms with E-state index in [1.54, 1.807) is 11.3 Å². The first-order valence-corrected chi connectivity index (χ1v) is 5.66. The Morgan fingerprint density at radius 2 is 2.62 bits per heavy atom. The van der Waals surface area contributed by atoms with Crippen LogP contribution >= 0.6 is 11.3 Å². The Labute approximate surface area is 82.9 Å². The van der Waals surface area contributed by atoms with Crippen LogP contribution in [0.4, 0.5) is 0 Å². The van der Waals surface area contributed by atoms with Gasteiger partial charge >= 0.3 is 0 Å².